The summed E-state index contributed by atoms with van der Waals surface area (Å²) in [7, 11) is 0. The van der Waals surface area contributed by atoms with Crippen LogP contribution in [0.15, 0.2) is 53.3 Å². The lowest BCUT2D eigenvalue weighted by atomic mass is 10.1. The molecular weight excluding hydrogens is 342 g/mol. The number of ketones is 1. The Kier molecular flexibility index (Phi) is 5.16. The van der Waals surface area contributed by atoms with E-state index in [1.54, 1.807) is 12.1 Å². The number of ether oxygens (including phenoxy) is 1. The molecule has 0 aliphatic carbocycles. The first-order valence-electron chi connectivity index (χ1n) is 7.75. The Hall–Kier alpha value is -2.63. The number of carbonyl (C=O) groups excluding carboxylic acids is 1. The molecule has 0 fully saturated rings. The molecule has 1 heterocycles. The maximum Gasteiger partial charge on any atom is 0.263 e. The van der Waals surface area contributed by atoms with Crippen LogP contribution in [0.5, 0.6) is 5.75 Å². The third-order valence-electron chi connectivity index (χ3n) is 3.81. The number of H-pyrrole nitrogens is 1. The van der Waals surface area contributed by atoms with Gasteiger partial charge in [-0.2, -0.15) is 0 Å². The number of nitrogens with one attached hydrogen (secondary N) is 1. The van der Waals surface area contributed by atoms with Gasteiger partial charge >= 0.3 is 0 Å². The number of aromatic amines is 1. The highest BCUT2D eigenvalue weighted by Gasteiger charge is 2.19. The predicted octanol–water partition coefficient (Wildman–Crippen LogP) is 3.68. The number of halogens is 1. The SMILES string of the molecule is O=C(CCOCc1ccccc1)c1c(O)c2cc(Cl)ccc2[nH]c1=O. The van der Waals surface area contributed by atoms with Crippen LogP contribution in [0.2, 0.25) is 5.02 Å². The molecule has 3 rings (SSSR count). The average Bonchev–Trinajstić information content (AvgIpc) is 2.60. The van der Waals surface area contributed by atoms with Gasteiger partial charge in [-0.3, -0.25) is 9.59 Å². The van der Waals surface area contributed by atoms with Crippen LogP contribution in [-0.4, -0.2) is 22.5 Å². The van der Waals surface area contributed by atoms with Crippen LogP contribution in [0.4, 0.5) is 0 Å². The van der Waals surface area contributed by atoms with E-state index in [1.165, 1.54) is 6.07 Å². The zero-order valence-corrected chi connectivity index (χ0v) is 14.0. The van der Waals surface area contributed by atoms with Crippen molar-refractivity contribution in [3.05, 3.63) is 75.0 Å². The quantitative estimate of drug-likeness (QED) is 0.521. The monoisotopic (exact) mass is 357 g/mol. The molecule has 0 saturated heterocycles. The predicted molar refractivity (Wildman–Crippen MR) is 96.3 cm³/mol. The maximum atomic E-state index is 12.3. The maximum absolute atomic E-state index is 12.3. The third kappa shape index (κ3) is 3.90. The number of hydrogen-bond donors (Lipinski definition) is 2. The normalized spacial score (nSPS) is 10.9. The number of rotatable bonds is 6. The van der Waals surface area contributed by atoms with E-state index in [-0.39, 0.29) is 24.3 Å². The molecule has 6 heteroatoms. The van der Waals surface area contributed by atoms with Crippen molar-refractivity contribution in [2.45, 2.75) is 13.0 Å². The van der Waals surface area contributed by atoms with Gasteiger partial charge in [-0.05, 0) is 23.8 Å². The van der Waals surface area contributed by atoms with Gasteiger partial charge in [0.1, 0.15) is 11.3 Å². The number of carbonyl (C=O) groups is 1. The lowest BCUT2D eigenvalue weighted by Gasteiger charge is -2.08. The van der Waals surface area contributed by atoms with E-state index in [9.17, 15) is 14.7 Å². The molecule has 0 atom stereocenters. The molecule has 5 nitrogen and oxygen atoms in total. The standard InChI is InChI=1S/C19H16ClNO4/c20-13-6-7-15-14(10-13)18(23)17(19(24)21-15)16(22)8-9-25-11-12-4-2-1-3-5-12/h1-7,10H,8-9,11H2,(H2,21,23,24). The zero-order chi connectivity index (χ0) is 17.8. The Morgan fingerprint density at radius 3 is 2.68 bits per heavy atom. The molecule has 1 aromatic heterocycles. The summed E-state index contributed by atoms with van der Waals surface area (Å²) in [5.74, 6) is -0.831. The summed E-state index contributed by atoms with van der Waals surface area (Å²) >= 11 is 5.91. The van der Waals surface area contributed by atoms with E-state index in [1.807, 2.05) is 30.3 Å². The highest BCUT2D eigenvalue weighted by atomic mass is 35.5. The molecule has 3 aromatic rings. The molecule has 2 aromatic carbocycles. The summed E-state index contributed by atoms with van der Waals surface area (Å²) in [5, 5.41) is 11.1. The smallest absolute Gasteiger partial charge is 0.263 e. The molecule has 128 valence electrons. The minimum absolute atomic E-state index is 0.00442. The Bertz CT molecular complexity index is 966. The first-order valence-corrected chi connectivity index (χ1v) is 8.13. The van der Waals surface area contributed by atoms with Crippen molar-refractivity contribution in [1.29, 1.82) is 0 Å². The minimum atomic E-state index is -0.625. The highest BCUT2D eigenvalue weighted by Crippen LogP contribution is 2.28. The topological polar surface area (TPSA) is 79.4 Å². The number of aromatic hydroxyl groups is 1. The van der Waals surface area contributed by atoms with Crippen LogP contribution in [-0.2, 0) is 11.3 Å². The number of aromatic nitrogens is 1. The fraction of sp³-hybridized carbons (Fsp3) is 0.158. The summed E-state index contributed by atoms with van der Waals surface area (Å²) in [5.41, 5.74) is 0.526. The van der Waals surface area contributed by atoms with E-state index < -0.39 is 11.3 Å². The van der Waals surface area contributed by atoms with Gasteiger partial charge in [0.25, 0.3) is 5.56 Å². The van der Waals surface area contributed by atoms with Gasteiger partial charge in [0.05, 0.1) is 18.7 Å². The second kappa shape index (κ2) is 7.51. The van der Waals surface area contributed by atoms with Crippen molar-refractivity contribution < 1.29 is 14.6 Å². The van der Waals surface area contributed by atoms with Gasteiger partial charge in [-0.25, -0.2) is 0 Å². The molecule has 0 spiro atoms. The molecule has 0 radical (unpaired) electrons. The molecule has 0 aliphatic heterocycles. The largest absolute Gasteiger partial charge is 0.506 e. The summed E-state index contributed by atoms with van der Waals surface area (Å²) in [6.07, 6.45) is -0.00442. The van der Waals surface area contributed by atoms with E-state index in [4.69, 9.17) is 16.3 Å². The summed E-state index contributed by atoms with van der Waals surface area (Å²) < 4.78 is 5.46. The van der Waals surface area contributed by atoms with Crippen LogP contribution < -0.4 is 5.56 Å². The Labute approximate surface area is 148 Å². The number of benzene rings is 2. The molecule has 0 bridgehead atoms. The van der Waals surface area contributed by atoms with Crippen molar-refractivity contribution in [3.63, 3.8) is 0 Å². The second-order valence-corrected chi connectivity index (χ2v) is 6.02. The Morgan fingerprint density at radius 2 is 1.92 bits per heavy atom. The van der Waals surface area contributed by atoms with Gasteiger partial charge in [0.2, 0.25) is 0 Å². The van der Waals surface area contributed by atoms with Crippen LogP contribution >= 0.6 is 11.6 Å². The first kappa shape index (κ1) is 17.2. The number of fused-ring (bicyclic) bond motifs is 1. The summed E-state index contributed by atoms with van der Waals surface area (Å²) in [6, 6.07) is 14.2. The van der Waals surface area contributed by atoms with Crippen LogP contribution in [0.1, 0.15) is 22.3 Å². The van der Waals surface area contributed by atoms with Crippen molar-refractivity contribution in [1.82, 2.24) is 4.98 Å². The van der Waals surface area contributed by atoms with Crippen molar-refractivity contribution in [3.8, 4) is 5.75 Å². The van der Waals surface area contributed by atoms with Crippen molar-refractivity contribution in [2.24, 2.45) is 0 Å². The molecule has 25 heavy (non-hydrogen) atoms. The molecule has 2 N–H and O–H groups in total. The van der Waals surface area contributed by atoms with E-state index >= 15 is 0 Å². The fourth-order valence-electron chi connectivity index (χ4n) is 2.56. The van der Waals surface area contributed by atoms with Gasteiger partial charge in [0.15, 0.2) is 5.78 Å². The number of hydrogen-bond acceptors (Lipinski definition) is 4. The Morgan fingerprint density at radius 1 is 1.16 bits per heavy atom. The van der Waals surface area contributed by atoms with Gasteiger partial charge in [-0.15, -0.1) is 0 Å². The van der Waals surface area contributed by atoms with Gasteiger partial charge < -0.3 is 14.8 Å². The summed E-state index contributed by atoms with van der Waals surface area (Å²) in [6.45, 7) is 0.532. The highest BCUT2D eigenvalue weighted by molar-refractivity contribution is 6.31. The zero-order valence-electron chi connectivity index (χ0n) is 13.3. The number of Topliss-reactive ketones (excluding diaryl/α,β-unsaturated/α-hetero) is 1. The lowest BCUT2D eigenvalue weighted by molar-refractivity contribution is 0.0845. The molecule has 0 aliphatic rings. The molecule has 0 amide bonds. The lowest BCUT2D eigenvalue weighted by Crippen LogP contribution is -2.19. The van der Waals surface area contributed by atoms with E-state index in [0.29, 0.717) is 22.5 Å². The molecule has 0 saturated carbocycles. The molecular formula is C19H16ClNO4. The Balaban J connectivity index is 1.72. The van der Waals surface area contributed by atoms with E-state index in [0.717, 1.165) is 5.56 Å². The average molecular weight is 358 g/mol. The summed E-state index contributed by atoms with van der Waals surface area (Å²) in [4.78, 5) is 27.0. The molecule has 0 unspecified atom stereocenters. The van der Waals surface area contributed by atoms with Gasteiger partial charge in [0, 0.05) is 16.8 Å². The third-order valence-corrected chi connectivity index (χ3v) is 4.05. The second-order valence-electron chi connectivity index (χ2n) is 5.58. The van der Waals surface area contributed by atoms with Crippen molar-refractivity contribution in [2.75, 3.05) is 6.61 Å². The number of pyridine rings is 1. The van der Waals surface area contributed by atoms with Crippen LogP contribution in [0.25, 0.3) is 10.9 Å². The van der Waals surface area contributed by atoms with Crippen LogP contribution in [0.3, 0.4) is 0 Å². The van der Waals surface area contributed by atoms with Gasteiger partial charge in [-0.1, -0.05) is 41.9 Å². The van der Waals surface area contributed by atoms with Crippen molar-refractivity contribution >= 4 is 28.3 Å². The first-order chi connectivity index (χ1) is 12.1. The minimum Gasteiger partial charge on any atom is -0.506 e. The van der Waals surface area contributed by atoms with E-state index in [2.05, 4.69) is 4.98 Å². The van der Waals surface area contributed by atoms with Crippen LogP contribution in [0, 0.1) is 0 Å². The fourth-order valence-corrected chi connectivity index (χ4v) is 2.73.